The normalized spacial score (nSPS) is 24.6. The lowest BCUT2D eigenvalue weighted by atomic mass is 9.72. The summed E-state index contributed by atoms with van der Waals surface area (Å²) >= 11 is 0. The number of amides is 1. The van der Waals surface area contributed by atoms with Crippen LogP contribution in [0.1, 0.15) is 46.5 Å². The van der Waals surface area contributed by atoms with Crippen LogP contribution in [0, 0.1) is 5.41 Å². The molecule has 1 atom stereocenters. The molecule has 2 saturated heterocycles. The zero-order chi connectivity index (χ0) is 16.3. The van der Waals surface area contributed by atoms with Crippen LogP contribution in [0.4, 0.5) is 0 Å². The number of nitrogens with zero attached hydrogens (tertiary/aromatic N) is 2. The van der Waals surface area contributed by atoms with Gasteiger partial charge in [0.1, 0.15) is 6.04 Å². The number of carboxylic acid groups (broad SMARTS) is 1. The van der Waals surface area contributed by atoms with Crippen molar-refractivity contribution in [1.82, 2.24) is 9.80 Å². The van der Waals surface area contributed by atoms with E-state index >= 15 is 0 Å². The molecule has 0 radical (unpaired) electrons. The van der Waals surface area contributed by atoms with Crippen molar-refractivity contribution < 1.29 is 14.7 Å². The van der Waals surface area contributed by atoms with E-state index in [1.807, 2.05) is 0 Å². The quantitative estimate of drug-likeness (QED) is 0.808. The Hall–Kier alpha value is -1.36. The fourth-order valence-corrected chi connectivity index (χ4v) is 3.57. The third-order valence-corrected chi connectivity index (χ3v) is 5.40. The van der Waals surface area contributed by atoms with Crippen LogP contribution >= 0.6 is 0 Å². The van der Waals surface area contributed by atoms with Gasteiger partial charge in [-0.15, -0.1) is 0 Å². The number of likely N-dealkylation sites (tertiary alicyclic amines) is 2. The number of hydrogen-bond donors (Lipinski definition) is 1. The molecule has 0 saturated carbocycles. The molecule has 5 nitrogen and oxygen atoms in total. The molecule has 22 heavy (non-hydrogen) atoms. The van der Waals surface area contributed by atoms with Gasteiger partial charge in [-0.05, 0) is 58.5 Å². The van der Waals surface area contributed by atoms with Gasteiger partial charge in [-0.1, -0.05) is 11.6 Å². The van der Waals surface area contributed by atoms with Gasteiger partial charge in [0.15, 0.2) is 0 Å². The van der Waals surface area contributed by atoms with Crippen LogP contribution in [0.2, 0.25) is 0 Å². The van der Waals surface area contributed by atoms with Gasteiger partial charge in [0.2, 0.25) is 5.91 Å². The Morgan fingerprint density at radius 1 is 1.36 bits per heavy atom. The lowest BCUT2D eigenvalue weighted by Crippen LogP contribution is -2.55. The molecular formula is C17H28N2O3. The van der Waals surface area contributed by atoms with E-state index in [0.717, 1.165) is 38.9 Å². The van der Waals surface area contributed by atoms with E-state index in [9.17, 15) is 14.7 Å². The maximum Gasteiger partial charge on any atom is 0.326 e. The molecule has 0 bridgehead atoms. The number of hydrogen-bond acceptors (Lipinski definition) is 3. The standard InChI is InChI=1S/C17H28N2O3/c1-4-13(2)11-18-9-7-17(8-10-18)6-5-15(20)19(12-17)14(3)16(21)22/h4,14H,5-12H2,1-3H3,(H,21,22)/b13-4+. The molecule has 1 amide bonds. The van der Waals surface area contributed by atoms with Crippen molar-refractivity contribution in [3.05, 3.63) is 11.6 Å². The summed E-state index contributed by atoms with van der Waals surface area (Å²) in [6.45, 7) is 9.53. The molecule has 1 unspecified atom stereocenters. The lowest BCUT2D eigenvalue weighted by Gasteiger charge is -2.48. The van der Waals surface area contributed by atoms with E-state index in [0.29, 0.717) is 13.0 Å². The van der Waals surface area contributed by atoms with Crippen molar-refractivity contribution in [2.75, 3.05) is 26.2 Å². The molecule has 2 aliphatic rings. The van der Waals surface area contributed by atoms with Crippen LogP contribution in [0.5, 0.6) is 0 Å². The first-order valence-electron chi connectivity index (χ1n) is 8.23. The van der Waals surface area contributed by atoms with Gasteiger partial charge in [-0.25, -0.2) is 4.79 Å². The third kappa shape index (κ3) is 3.69. The Morgan fingerprint density at radius 3 is 2.55 bits per heavy atom. The lowest BCUT2D eigenvalue weighted by molar-refractivity contribution is -0.154. The summed E-state index contributed by atoms with van der Waals surface area (Å²) < 4.78 is 0. The summed E-state index contributed by atoms with van der Waals surface area (Å²) in [6.07, 6.45) is 5.66. The molecule has 1 N–H and O–H groups in total. The van der Waals surface area contributed by atoms with Gasteiger partial charge in [-0.3, -0.25) is 9.69 Å². The van der Waals surface area contributed by atoms with E-state index < -0.39 is 12.0 Å². The van der Waals surface area contributed by atoms with E-state index in [4.69, 9.17) is 0 Å². The number of rotatable bonds is 4. The van der Waals surface area contributed by atoms with Crippen LogP contribution in [0.25, 0.3) is 0 Å². The molecule has 2 rings (SSSR count). The van der Waals surface area contributed by atoms with E-state index in [1.165, 1.54) is 5.57 Å². The average Bonchev–Trinajstić information content (AvgIpc) is 2.51. The molecule has 0 aromatic carbocycles. The first-order valence-corrected chi connectivity index (χ1v) is 8.23. The Kier molecular flexibility index (Phi) is 5.27. The molecule has 1 spiro atoms. The number of carbonyl (C=O) groups is 2. The van der Waals surface area contributed by atoms with Crippen LogP contribution < -0.4 is 0 Å². The summed E-state index contributed by atoms with van der Waals surface area (Å²) in [5.41, 5.74) is 1.51. The Bertz CT molecular complexity index is 465. The SMILES string of the molecule is C/C=C(\C)CN1CCC2(CCC(=O)N(C(C)C(=O)O)C2)CC1. The fourth-order valence-electron chi connectivity index (χ4n) is 3.57. The third-order valence-electron chi connectivity index (χ3n) is 5.40. The summed E-state index contributed by atoms with van der Waals surface area (Å²) in [6, 6.07) is -0.715. The monoisotopic (exact) mass is 308 g/mol. The van der Waals surface area contributed by atoms with Gasteiger partial charge in [0.25, 0.3) is 0 Å². The van der Waals surface area contributed by atoms with E-state index in [-0.39, 0.29) is 11.3 Å². The summed E-state index contributed by atoms with van der Waals surface area (Å²) in [5, 5.41) is 9.20. The Labute approximate surface area is 133 Å². The van der Waals surface area contributed by atoms with Crippen molar-refractivity contribution in [3.8, 4) is 0 Å². The second-order valence-electron chi connectivity index (χ2n) is 6.95. The zero-order valence-corrected chi connectivity index (χ0v) is 14.0. The van der Waals surface area contributed by atoms with Gasteiger partial charge in [0.05, 0.1) is 0 Å². The molecule has 2 heterocycles. The van der Waals surface area contributed by atoms with Gasteiger partial charge in [0, 0.05) is 19.5 Å². The van der Waals surface area contributed by atoms with Gasteiger partial charge in [-0.2, -0.15) is 0 Å². The van der Waals surface area contributed by atoms with Crippen LogP contribution in [0.3, 0.4) is 0 Å². The molecule has 0 aliphatic carbocycles. The Morgan fingerprint density at radius 2 is 2.00 bits per heavy atom. The molecule has 2 fully saturated rings. The predicted octanol–water partition coefficient (Wildman–Crippen LogP) is 2.13. The van der Waals surface area contributed by atoms with Gasteiger partial charge >= 0.3 is 5.97 Å². The number of carboxylic acids is 1. The molecule has 5 heteroatoms. The predicted molar refractivity (Wildman–Crippen MR) is 85.6 cm³/mol. The van der Waals surface area contributed by atoms with Crippen molar-refractivity contribution in [1.29, 1.82) is 0 Å². The van der Waals surface area contributed by atoms with Crippen molar-refractivity contribution in [3.63, 3.8) is 0 Å². The van der Waals surface area contributed by atoms with E-state index in [2.05, 4.69) is 24.8 Å². The van der Waals surface area contributed by atoms with Crippen LogP contribution in [-0.2, 0) is 9.59 Å². The minimum absolute atomic E-state index is 0.00675. The highest BCUT2D eigenvalue weighted by Crippen LogP contribution is 2.40. The number of carbonyl (C=O) groups excluding carboxylic acids is 1. The van der Waals surface area contributed by atoms with Crippen molar-refractivity contribution >= 4 is 11.9 Å². The maximum atomic E-state index is 12.1. The molecule has 124 valence electrons. The molecule has 0 aromatic heterocycles. The molecule has 0 aromatic rings. The average molecular weight is 308 g/mol. The second kappa shape index (κ2) is 6.82. The summed E-state index contributed by atoms with van der Waals surface area (Å²) in [5.74, 6) is -0.917. The highest BCUT2D eigenvalue weighted by atomic mass is 16.4. The number of aliphatic carboxylic acids is 1. The number of allylic oxidation sites excluding steroid dienone is 1. The molecular weight excluding hydrogens is 280 g/mol. The highest BCUT2D eigenvalue weighted by Gasteiger charge is 2.43. The first-order chi connectivity index (χ1) is 10.4. The van der Waals surface area contributed by atoms with Crippen LogP contribution in [-0.4, -0.2) is 59.0 Å². The zero-order valence-electron chi connectivity index (χ0n) is 14.0. The molecule has 2 aliphatic heterocycles. The maximum absolute atomic E-state index is 12.1. The summed E-state index contributed by atoms with van der Waals surface area (Å²) in [4.78, 5) is 27.3. The van der Waals surface area contributed by atoms with Crippen molar-refractivity contribution in [2.24, 2.45) is 5.41 Å². The van der Waals surface area contributed by atoms with Crippen molar-refractivity contribution in [2.45, 2.75) is 52.5 Å². The van der Waals surface area contributed by atoms with E-state index in [1.54, 1.807) is 11.8 Å². The number of piperidine rings is 2. The largest absolute Gasteiger partial charge is 0.480 e. The summed E-state index contributed by atoms with van der Waals surface area (Å²) in [7, 11) is 0. The highest BCUT2D eigenvalue weighted by molar-refractivity contribution is 5.84. The Balaban J connectivity index is 1.98. The smallest absolute Gasteiger partial charge is 0.326 e. The second-order valence-corrected chi connectivity index (χ2v) is 6.95. The minimum Gasteiger partial charge on any atom is -0.480 e. The topological polar surface area (TPSA) is 60.9 Å². The fraction of sp³-hybridized carbons (Fsp3) is 0.765. The van der Waals surface area contributed by atoms with Crippen LogP contribution in [0.15, 0.2) is 11.6 Å². The van der Waals surface area contributed by atoms with Gasteiger partial charge < -0.3 is 10.0 Å². The minimum atomic E-state index is -0.911. The first kappa shape index (κ1) is 17.0.